The van der Waals surface area contributed by atoms with Crippen LogP contribution in [-0.4, -0.2) is 32.8 Å². The van der Waals surface area contributed by atoms with Gasteiger partial charge in [-0.05, 0) is 6.92 Å². The second kappa shape index (κ2) is 4.56. The van der Waals surface area contributed by atoms with Gasteiger partial charge in [-0.15, -0.1) is 0 Å². The Morgan fingerprint density at radius 1 is 1.62 bits per heavy atom. The Kier molecular flexibility index (Phi) is 2.95. The van der Waals surface area contributed by atoms with Gasteiger partial charge < -0.3 is 9.84 Å². The van der Waals surface area contributed by atoms with Crippen molar-refractivity contribution in [1.82, 2.24) is 25.7 Å². The number of amides is 1. The second-order valence-electron chi connectivity index (χ2n) is 3.25. The molecule has 0 aliphatic heterocycles. The largest absolute Gasteiger partial charge is 0.351 e. The lowest BCUT2D eigenvalue weighted by molar-refractivity contribution is 0.0953. The number of nitrogens with one attached hydrogen (secondary N) is 2. The van der Waals surface area contributed by atoms with Crippen molar-refractivity contribution in [1.29, 1.82) is 0 Å². The molecule has 0 radical (unpaired) electrons. The van der Waals surface area contributed by atoms with E-state index in [9.17, 15) is 4.79 Å². The monoisotopic (exact) mass is 221 g/mol. The summed E-state index contributed by atoms with van der Waals surface area (Å²) in [5.41, 5.74) is 1.29. The Bertz CT molecular complexity index is 462. The van der Waals surface area contributed by atoms with Crippen LogP contribution in [-0.2, 0) is 6.42 Å². The van der Waals surface area contributed by atoms with Crippen molar-refractivity contribution in [3.63, 3.8) is 0 Å². The normalized spacial score (nSPS) is 10.3. The lowest BCUT2D eigenvalue weighted by atomic mass is 10.2. The smallest absolute Gasteiger partial charge is 0.254 e. The van der Waals surface area contributed by atoms with E-state index in [1.165, 1.54) is 12.5 Å². The van der Waals surface area contributed by atoms with Crippen molar-refractivity contribution < 1.29 is 9.32 Å². The first kappa shape index (κ1) is 10.3. The quantitative estimate of drug-likeness (QED) is 0.761. The molecule has 2 N–H and O–H groups in total. The molecule has 0 aromatic carbocycles. The van der Waals surface area contributed by atoms with Crippen LogP contribution in [0.4, 0.5) is 0 Å². The van der Waals surface area contributed by atoms with E-state index in [0.717, 1.165) is 5.69 Å². The Morgan fingerprint density at radius 2 is 2.50 bits per heavy atom. The van der Waals surface area contributed by atoms with Gasteiger partial charge in [-0.1, -0.05) is 5.16 Å². The molecule has 0 aliphatic rings. The first-order valence-electron chi connectivity index (χ1n) is 4.81. The standard InChI is InChI=1S/C9H11N5O2/c1-6-7(4-12-14-6)9(15)10-3-2-8-11-5-13-16-8/h4-5H,2-3H2,1H3,(H,10,15)(H,12,14). The van der Waals surface area contributed by atoms with Crippen LogP contribution in [0.25, 0.3) is 0 Å². The summed E-state index contributed by atoms with van der Waals surface area (Å²) in [5, 5.41) is 12.7. The first-order chi connectivity index (χ1) is 7.77. The van der Waals surface area contributed by atoms with Crippen LogP contribution in [0, 0.1) is 6.92 Å². The van der Waals surface area contributed by atoms with Crippen LogP contribution in [0.2, 0.25) is 0 Å². The molecule has 2 rings (SSSR count). The number of aryl methyl sites for hydroxylation is 1. The van der Waals surface area contributed by atoms with Crippen LogP contribution in [0.5, 0.6) is 0 Å². The summed E-state index contributed by atoms with van der Waals surface area (Å²) in [5.74, 6) is 0.343. The van der Waals surface area contributed by atoms with Crippen LogP contribution < -0.4 is 5.32 Å². The number of aromatic nitrogens is 4. The van der Waals surface area contributed by atoms with Gasteiger partial charge in [0.2, 0.25) is 5.89 Å². The van der Waals surface area contributed by atoms with Crippen LogP contribution in [0.1, 0.15) is 21.9 Å². The van der Waals surface area contributed by atoms with E-state index in [1.807, 2.05) is 0 Å². The molecule has 2 heterocycles. The van der Waals surface area contributed by atoms with Crippen molar-refractivity contribution in [2.75, 3.05) is 6.54 Å². The van der Waals surface area contributed by atoms with Gasteiger partial charge in [0.1, 0.15) is 0 Å². The van der Waals surface area contributed by atoms with Crippen molar-refractivity contribution in [3.05, 3.63) is 29.7 Å². The van der Waals surface area contributed by atoms with Gasteiger partial charge in [0.25, 0.3) is 5.91 Å². The number of carbonyl (C=O) groups is 1. The van der Waals surface area contributed by atoms with Crippen molar-refractivity contribution in [3.8, 4) is 0 Å². The molecule has 7 nitrogen and oxygen atoms in total. The van der Waals surface area contributed by atoms with E-state index in [0.29, 0.717) is 24.4 Å². The maximum Gasteiger partial charge on any atom is 0.254 e. The molecule has 0 saturated carbocycles. The van der Waals surface area contributed by atoms with Crippen molar-refractivity contribution in [2.24, 2.45) is 0 Å². The number of hydrogen-bond donors (Lipinski definition) is 2. The molecule has 16 heavy (non-hydrogen) atoms. The number of rotatable bonds is 4. The van der Waals surface area contributed by atoms with Gasteiger partial charge in [0.15, 0.2) is 6.33 Å². The van der Waals surface area contributed by atoms with Crippen molar-refractivity contribution in [2.45, 2.75) is 13.3 Å². The predicted molar refractivity (Wildman–Crippen MR) is 53.7 cm³/mol. The molecule has 0 saturated heterocycles. The molecular weight excluding hydrogens is 210 g/mol. The average molecular weight is 221 g/mol. The molecule has 0 spiro atoms. The number of aromatic amines is 1. The minimum atomic E-state index is -0.161. The van der Waals surface area contributed by atoms with Gasteiger partial charge in [-0.2, -0.15) is 10.1 Å². The Balaban J connectivity index is 1.83. The average Bonchev–Trinajstić information content (AvgIpc) is 2.88. The molecule has 84 valence electrons. The predicted octanol–water partition coefficient (Wildman–Crippen LogP) is 0.0736. The molecular formula is C9H11N5O2. The lowest BCUT2D eigenvalue weighted by Gasteiger charge is -2.01. The first-order valence-corrected chi connectivity index (χ1v) is 4.81. The number of hydrogen-bond acceptors (Lipinski definition) is 5. The minimum Gasteiger partial charge on any atom is -0.351 e. The van der Waals surface area contributed by atoms with Gasteiger partial charge in [-0.25, -0.2) is 0 Å². The zero-order valence-electron chi connectivity index (χ0n) is 8.73. The zero-order valence-corrected chi connectivity index (χ0v) is 8.73. The van der Waals surface area contributed by atoms with Crippen LogP contribution >= 0.6 is 0 Å². The molecule has 7 heteroatoms. The summed E-state index contributed by atoms with van der Waals surface area (Å²) < 4.78 is 4.80. The van der Waals surface area contributed by atoms with Crippen LogP contribution in [0.15, 0.2) is 17.0 Å². The number of carbonyl (C=O) groups excluding carboxylic acids is 1. The molecule has 0 aliphatic carbocycles. The Hall–Kier alpha value is -2.18. The van der Waals surface area contributed by atoms with E-state index in [4.69, 9.17) is 4.52 Å². The lowest BCUT2D eigenvalue weighted by Crippen LogP contribution is -2.26. The third-order valence-corrected chi connectivity index (χ3v) is 2.11. The molecule has 0 unspecified atom stereocenters. The molecule has 2 aromatic rings. The molecule has 1 amide bonds. The van der Waals surface area contributed by atoms with Gasteiger partial charge >= 0.3 is 0 Å². The van der Waals surface area contributed by atoms with Crippen LogP contribution in [0.3, 0.4) is 0 Å². The summed E-state index contributed by atoms with van der Waals surface area (Å²) in [6, 6.07) is 0. The maximum absolute atomic E-state index is 11.6. The van der Waals surface area contributed by atoms with E-state index < -0.39 is 0 Å². The summed E-state index contributed by atoms with van der Waals surface area (Å²) in [4.78, 5) is 15.5. The number of nitrogens with zero attached hydrogens (tertiary/aromatic N) is 3. The minimum absolute atomic E-state index is 0.161. The third kappa shape index (κ3) is 2.25. The summed E-state index contributed by atoms with van der Waals surface area (Å²) in [6.07, 6.45) is 3.34. The Morgan fingerprint density at radius 3 is 3.12 bits per heavy atom. The SMILES string of the molecule is Cc1[nH]ncc1C(=O)NCCc1ncno1. The van der Waals surface area contributed by atoms with Crippen molar-refractivity contribution >= 4 is 5.91 Å². The fourth-order valence-electron chi connectivity index (χ4n) is 1.26. The zero-order chi connectivity index (χ0) is 11.4. The van der Waals surface area contributed by atoms with Gasteiger partial charge in [0.05, 0.1) is 11.8 Å². The molecule has 0 atom stereocenters. The highest BCUT2D eigenvalue weighted by Gasteiger charge is 2.10. The van der Waals surface area contributed by atoms with E-state index >= 15 is 0 Å². The fourth-order valence-corrected chi connectivity index (χ4v) is 1.26. The fraction of sp³-hybridized carbons (Fsp3) is 0.333. The summed E-state index contributed by atoms with van der Waals surface area (Å²) >= 11 is 0. The third-order valence-electron chi connectivity index (χ3n) is 2.11. The molecule has 2 aromatic heterocycles. The number of H-pyrrole nitrogens is 1. The van der Waals surface area contributed by atoms with E-state index in [2.05, 4.69) is 25.7 Å². The van der Waals surface area contributed by atoms with Gasteiger partial charge in [-0.3, -0.25) is 9.89 Å². The Labute approximate surface area is 91.2 Å². The van der Waals surface area contributed by atoms with E-state index in [-0.39, 0.29) is 5.91 Å². The second-order valence-corrected chi connectivity index (χ2v) is 3.25. The summed E-state index contributed by atoms with van der Waals surface area (Å²) in [6.45, 7) is 2.24. The van der Waals surface area contributed by atoms with E-state index in [1.54, 1.807) is 6.92 Å². The highest BCUT2D eigenvalue weighted by Crippen LogP contribution is 2.01. The molecule has 0 fully saturated rings. The maximum atomic E-state index is 11.6. The highest BCUT2D eigenvalue weighted by atomic mass is 16.5. The molecule has 0 bridgehead atoms. The highest BCUT2D eigenvalue weighted by molar-refractivity contribution is 5.94. The van der Waals surface area contributed by atoms with Gasteiger partial charge in [0, 0.05) is 18.7 Å². The topological polar surface area (TPSA) is 96.7 Å². The summed E-state index contributed by atoms with van der Waals surface area (Å²) in [7, 11) is 0.